The van der Waals surface area contributed by atoms with Crippen LogP contribution in [0.15, 0.2) is 138 Å². The van der Waals surface area contributed by atoms with Gasteiger partial charge in [-0.25, -0.2) is 0 Å². The molecule has 8 aromatic rings. The van der Waals surface area contributed by atoms with E-state index >= 15 is 0 Å². The molecule has 0 aliphatic heterocycles. The number of fused-ring (bicyclic) bond motifs is 9. The maximum Gasteiger partial charge on any atom is 0.136 e. The normalized spacial score (nSPS) is 13.4. The number of rotatable bonds is 2. The monoisotopic (exact) mass is 590 g/mol. The minimum Gasteiger partial charge on any atom is -0.456 e. The molecule has 0 radical (unpaired) electrons. The standard InChI is InChI=1S/C43H28O.C2H6/c1-43(2)37-15-6-5-11-31(37)32-19-17-26(24-38(32)43)28-12-8-16-40-42(28)36-23-25(18-22-39(36)44-40)27-20-21-35-30-10-4-3-9-29(30)34-14-7-13-33(27)41(34)35;1-2/h3-24H,1-2H3;1-2H3. The van der Waals surface area contributed by atoms with Crippen LogP contribution in [0.2, 0.25) is 0 Å². The number of hydrogen-bond donors (Lipinski definition) is 0. The van der Waals surface area contributed by atoms with Crippen molar-refractivity contribution in [3.8, 4) is 55.6 Å². The maximum absolute atomic E-state index is 6.47. The average molecular weight is 591 g/mol. The maximum atomic E-state index is 6.47. The minimum atomic E-state index is -0.0447. The Hall–Kier alpha value is -5.40. The van der Waals surface area contributed by atoms with Gasteiger partial charge in [-0.2, -0.15) is 0 Å². The molecule has 10 rings (SSSR count). The van der Waals surface area contributed by atoms with Gasteiger partial charge in [0.25, 0.3) is 0 Å². The van der Waals surface area contributed by atoms with Crippen LogP contribution < -0.4 is 0 Å². The van der Waals surface area contributed by atoms with Crippen molar-refractivity contribution in [3.05, 3.63) is 145 Å². The van der Waals surface area contributed by atoms with Crippen LogP contribution in [0.1, 0.15) is 38.8 Å². The third-order valence-electron chi connectivity index (χ3n) is 10.2. The molecule has 2 aliphatic rings. The Kier molecular flexibility index (Phi) is 5.74. The summed E-state index contributed by atoms with van der Waals surface area (Å²) in [4.78, 5) is 0. The summed E-state index contributed by atoms with van der Waals surface area (Å²) in [6.45, 7) is 8.69. The minimum absolute atomic E-state index is 0.0447. The van der Waals surface area contributed by atoms with Crippen LogP contribution >= 0.6 is 0 Å². The fourth-order valence-electron chi connectivity index (χ4n) is 8.17. The van der Waals surface area contributed by atoms with Crippen LogP contribution in [0.5, 0.6) is 0 Å². The molecule has 0 N–H and O–H groups in total. The van der Waals surface area contributed by atoms with Crippen LogP contribution in [0, 0.1) is 0 Å². The Balaban J connectivity index is 0.00000143. The lowest BCUT2D eigenvalue weighted by Gasteiger charge is -2.22. The van der Waals surface area contributed by atoms with Crippen molar-refractivity contribution in [3.63, 3.8) is 0 Å². The van der Waals surface area contributed by atoms with E-state index in [-0.39, 0.29) is 5.41 Å². The second-order valence-electron chi connectivity index (χ2n) is 12.9. The van der Waals surface area contributed by atoms with Gasteiger partial charge in [0.05, 0.1) is 0 Å². The zero-order valence-corrected chi connectivity index (χ0v) is 26.6. The highest BCUT2D eigenvalue weighted by molar-refractivity contribution is 6.19. The van der Waals surface area contributed by atoms with Crippen LogP contribution in [0.3, 0.4) is 0 Å². The van der Waals surface area contributed by atoms with Crippen molar-refractivity contribution in [2.75, 3.05) is 0 Å². The van der Waals surface area contributed by atoms with E-state index in [1.807, 2.05) is 13.8 Å². The highest BCUT2D eigenvalue weighted by Crippen LogP contribution is 2.51. The van der Waals surface area contributed by atoms with Crippen LogP contribution in [0.25, 0.3) is 88.3 Å². The molecule has 46 heavy (non-hydrogen) atoms. The molecule has 0 saturated heterocycles. The van der Waals surface area contributed by atoms with E-state index in [9.17, 15) is 0 Å². The van der Waals surface area contributed by atoms with Gasteiger partial charge in [-0.05, 0) is 102 Å². The molecule has 0 saturated carbocycles. The summed E-state index contributed by atoms with van der Waals surface area (Å²) in [6.07, 6.45) is 0. The van der Waals surface area contributed by atoms with E-state index in [2.05, 4.69) is 147 Å². The third-order valence-corrected chi connectivity index (χ3v) is 10.2. The van der Waals surface area contributed by atoms with Crippen LogP contribution in [0.4, 0.5) is 0 Å². The molecule has 0 bridgehead atoms. The summed E-state index contributed by atoms with van der Waals surface area (Å²) in [7, 11) is 0. The van der Waals surface area contributed by atoms with E-state index in [4.69, 9.17) is 4.42 Å². The lowest BCUT2D eigenvalue weighted by molar-refractivity contribution is 0.660. The fourth-order valence-corrected chi connectivity index (χ4v) is 8.17. The third kappa shape index (κ3) is 3.57. The Bertz CT molecular complexity index is 2490. The van der Waals surface area contributed by atoms with Gasteiger partial charge >= 0.3 is 0 Å². The van der Waals surface area contributed by atoms with Crippen LogP contribution in [-0.2, 0) is 5.41 Å². The van der Waals surface area contributed by atoms with Crippen molar-refractivity contribution in [2.24, 2.45) is 0 Å². The van der Waals surface area contributed by atoms with Gasteiger partial charge in [0.15, 0.2) is 0 Å². The zero-order valence-electron chi connectivity index (χ0n) is 26.6. The largest absolute Gasteiger partial charge is 0.456 e. The lowest BCUT2D eigenvalue weighted by atomic mass is 9.81. The Labute approximate surface area is 269 Å². The van der Waals surface area contributed by atoms with E-state index in [1.54, 1.807) is 0 Å². The van der Waals surface area contributed by atoms with Crippen molar-refractivity contribution >= 4 is 32.7 Å². The second-order valence-corrected chi connectivity index (χ2v) is 12.9. The Morgan fingerprint density at radius 2 is 0.978 bits per heavy atom. The van der Waals surface area contributed by atoms with Gasteiger partial charge < -0.3 is 4.42 Å². The predicted octanol–water partition coefficient (Wildman–Crippen LogP) is 13.1. The number of furan rings is 1. The van der Waals surface area contributed by atoms with E-state index in [1.165, 1.54) is 82.9 Å². The van der Waals surface area contributed by atoms with Gasteiger partial charge in [0, 0.05) is 16.2 Å². The van der Waals surface area contributed by atoms with E-state index in [0.29, 0.717) is 0 Å². The molecule has 1 heteroatoms. The van der Waals surface area contributed by atoms with Gasteiger partial charge in [-0.15, -0.1) is 0 Å². The molecular weight excluding hydrogens is 556 g/mol. The van der Waals surface area contributed by atoms with Crippen molar-refractivity contribution in [1.29, 1.82) is 0 Å². The molecule has 1 nitrogen and oxygen atoms in total. The SMILES string of the molecule is CC.CC1(C)c2ccccc2-c2ccc(-c3cccc4oc5ccc(-c6ccc7c8c(cccc68)-c6ccccc6-7)cc5c34)cc21. The predicted molar refractivity (Wildman–Crippen MR) is 195 cm³/mol. The number of benzene rings is 7. The molecule has 220 valence electrons. The first kappa shape index (κ1) is 27.0. The van der Waals surface area contributed by atoms with Gasteiger partial charge in [-0.1, -0.05) is 137 Å². The second kappa shape index (κ2) is 9.80. The molecule has 0 atom stereocenters. The lowest BCUT2D eigenvalue weighted by Crippen LogP contribution is -2.14. The quantitative estimate of drug-likeness (QED) is 0.195. The topological polar surface area (TPSA) is 13.1 Å². The molecule has 1 aromatic heterocycles. The van der Waals surface area contributed by atoms with Crippen molar-refractivity contribution in [1.82, 2.24) is 0 Å². The van der Waals surface area contributed by atoms with E-state index < -0.39 is 0 Å². The van der Waals surface area contributed by atoms with Gasteiger partial charge in [-0.3, -0.25) is 0 Å². The molecular formula is C45H34O. The highest BCUT2D eigenvalue weighted by atomic mass is 16.3. The first-order chi connectivity index (χ1) is 22.6. The first-order valence-corrected chi connectivity index (χ1v) is 16.4. The fraction of sp³-hybridized carbons (Fsp3) is 0.111. The molecule has 0 fully saturated rings. The molecule has 0 amide bonds. The van der Waals surface area contributed by atoms with Crippen LogP contribution in [-0.4, -0.2) is 0 Å². The summed E-state index contributed by atoms with van der Waals surface area (Å²) < 4.78 is 6.47. The Morgan fingerprint density at radius 1 is 0.391 bits per heavy atom. The van der Waals surface area contributed by atoms with E-state index in [0.717, 1.165) is 16.6 Å². The van der Waals surface area contributed by atoms with Crippen molar-refractivity contribution < 1.29 is 4.42 Å². The summed E-state index contributed by atoms with van der Waals surface area (Å²) in [5.41, 5.74) is 17.5. The molecule has 0 spiro atoms. The molecule has 7 aromatic carbocycles. The summed E-state index contributed by atoms with van der Waals surface area (Å²) in [6, 6.07) is 49.1. The number of hydrogen-bond acceptors (Lipinski definition) is 1. The molecule has 1 heterocycles. The summed E-state index contributed by atoms with van der Waals surface area (Å²) >= 11 is 0. The zero-order chi connectivity index (χ0) is 31.2. The molecule has 0 unspecified atom stereocenters. The summed E-state index contributed by atoms with van der Waals surface area (Å²) in [5.74, 6) is 0. The van der Waals surface area contributed by atoms with Gasteiger partial charge in [0.2, 0.25) is 0 Å². The first-order valence-electron chi connectivity index (χ1n) is 16.4. The average Bonchev–Trinajstić information content (AvgIpc) is 3.72. The smallest absolute Gasteiger partial charge is 0.136 e. The van der Waals surface area contributed by atoms with Gasteiger partial charge in [0.1, 0.15) is 11.2 Å². The Morgan fingerprint density at radius 3 is 1.80 bits per heavy atom. The molecule has 2 aliphatic carbocycles. The highest BCUT2D eigenvalue weighted by Gasteiger charge is 2.35. The van der Waals surface area contributed by atoms with Crippen molar-refractivity contribution in [2.45, 2.75) is 33.1 Å². The summed E-state index contributed by atoms with van der Waals surface area (Å²) in [5, 5.41) is 4.98.